The first kappa shape index (κ1) is 9.44. The summed E-state index contributed by atoms with van der Waals surface area (Å²) in [6, 6.07) is 1.13. The van der Waals surface area contributed by atoms with E-state index in [-0.39, 0.29) is 6.10 Å². The molecule has 0 amide bonds. The number of hydrogen-bond donors (Lipinski definition) is 0. The van der Waals surface area contributed by atoms with Crippen molar-refractivity contribution in [1.29, 1.82) is 0 Å². The number of rotatable bonds is 3. The highest BCUT2D eigenvalue weighted by Crippen LogP contribution is 2.35. The van der Waals surface area contributed by atoms with Crippen molar-refractivity contribution in [2.24, 2.45) is 0 Å². The maximum absolute atomic E-state index is 11.4. The highest BCUT2D eigenvalue weighted by atomic mass is 16.5. The third kappa shape index (κ3) is 1.87. The van der Waals surface area contributed by atoms with Crippen LogP contribution in [0.5, 0.6) is 0 Å². The first-order chi connectivity index (χ1) is 6.31. The maximum Gasteiger partial charge on any atom is 0.0959 e. The fourth-order valence-corrected chi connectivity index (χ4v) is 2.79. The summed E-state index contributed by atoms with van der Waals surface area (Å²) in [5.74, 6) is 0. The summed E-state index contributed by atoms with van der Waals surface area (Å²) < 4.78 is 5.08. The van der Waals surface area contributed by atoms with Crippen LogP contribution >= 0.6 is 0 Å². The molecule has 0 N–H and O–H groups in total. The first-order valence-electron chi connectivity index (χ1n) is 5.21. The van der Waals surface area contributed by atoms with E-state index < -0.39 is 0 Å². The molecule has 2 unspecified atom stereocenters. The zero-order valence-corrected chi connectivity index (χ0v) is 8.24. The molecule has 0 aliphatic carbocycles. The van der Waals surface area contributed by atoms with Crippen LogP contribution in [0.1, 0.15) is 25.7 Å². The van der Waals surface area contributed by atoms with E-state index in [1.54, 1.807) is 7.11 Å². The molecule has 0 aromatic rings. The number of nitrogens with zero attached hydrogens (tertiary/aromatic N) is 1. The monoisotopic (exact) mass is 184 g/mol. The van der Waals surface area contributed by atoms with Gasteiger partial charge in [-0.1, -0.05) is 0 Å². The third-order valence-electron chi connectivity index (χ3n) is 3.39. The predicted molar refractivity (Wildman–Crippen MR) is 49.1 cm³/mol. The Morgan fingerprint density at radius 3 is 2.46 bits per heavy atom. The lowest BCUT2D eigenvalue weighted by Crippen LogP contribution is -2.45. The Kier molecular flexibility index (Phi) is 2.86. The highest BCUT2D eigenvalue weighted by Gasteiger charge is 2.40. The third-order valence-corrected chi connectivity index (χ3v) is 3.39. The van der Waals surface area contributed by atoms with Crippen LogP contribution in [0.3, 0.4) is 0 Å². The standard InChI is InChI=1S/C10H18NO2/c1-13-5-4-11-8-2-3-9(11)7-10(12)6-8/h8-10H,2-7H2,1H3. The van der Waals surface area contributed by atoms with Crippen LogP contribution < -0.4 is 0 Å². The van der Waals surface area contributed by atoms with Crippen molar-refractivity contribution >= 4 is 0 Å². The summed E-state index contributed by atoms with van der Waals surface area (Å²) in [6.07, 6.45) is 3.89. The molecule has 1 radical (unpaired) electrons. The molecule has 2 heterocycles. The zero-order chi connectivity index (χ0) is 9.26. The van der Waals surface area contributed by atoms with Gasteiger partial charge >= 0.3 is 0 Å². The van der Waals surface area contributed by atoms with Gasteiger partial charge < -0.3 is 4.74 Å². The average molecular weight is 184 g/mol. The quantitative estimate of drug-likeness (QED) is 0.657. The van der Waals surface area contributed by atoms with Crippen molar-refractivity contribution in [1.82, 2.24) is 4.90 Å². The molecule has 2 aliphatic rings. The molecule has 13 heavy (non-hydrogen) atoms. The van der Waals surface area contributed by atoms with Crippen molar-refractivity contribution in [3.63, 3.8) is 0 Å². The Labute approximate surface area is 79.7 Å². The van der Waals surface area contributed by atoms with E-state index in [1.165, 1.54) is 12.8 Å². The average Bonchev–Trinajstić information content (AvgIpc) is 2.33. The summed E-state index contributed by atoms with van der Waals surface area (Å²) in [6.45, 7) is 1.81. The Morgan fingerprint density at radius 2 is 1.92 bits per heavy atom. The lowest BCUT2D eigenvalue weighted by atomic mass is 10.0. The Bertz CT molecular complexity index is 160. The van der Waals surface area contributed by atoms with Crippen LogP contribution in [0.15, 0.2) is 0 Å². The van der Waals surface area contributed by atoms with Crippen LogP contribution in [0.2, 0.25) is 0 Å². The van der Waals surface area contributed by atoms with E-state index in [4.69, 9.17) is 4.74 Å². The smallest absolute Gasteiger partial charge is 0.0959 e. The second-order valence-corrected chi connectivity index (χ2v) is 4.21. The van der Waals surface area contributed by atoms with Crippen molar-refractivity contribution in [2.45, 2.75) is 43.9 Å². The second kappa shape index (κ2) is 3.95. The molecule has 2 aliphatic heterocycles. The van der Waals surface area contributed by atoms with E-state index in [9.17, 15) is 5.11 Å². The number of piperidine rings is 1. The van der Waals surface area contributed by atoms with Gasteiger partial charge in [0, 0.05) is 25.7 Å². The Balaban J connectivity index is 1.90. The number of fused-ring (bicyclic) bond motifs is 2. The van der Waals surface area contributed by atoms with Gasteiger partial charge in [-0.2, -0.15) is 0 Å². The predicted octanol–water partition coefficient (Wildman–Crippen LogP) is 1.06. The Hall–Kier alpha value is -0.120. The van der Waals surface area contributed by atoms with Crippen molar-refractivity contribution in [2.75, 3.05) is 20.3 Å². The van der Waals surface area contributed by atoms with Crippen molar-refractivity contribution in [3.8, 4) is 0 Å². The molecule has 3 nitrogen and oxygen atoms in total. The highest BCUT2D eigenvalue weighted by molar-refractivity contribution is 4.94. The van der Waals surface area contributed by atoms with Crippen LogP contribution in [0.25, 0.3) is 0 Å². The molecule has 2 saturated heterocycles. The SMILES string of the molecule is COCCN1C2CCC1CC([O])C2. The fraction of sp³-hybridized carbons (Fsp3) is 1.00. The van der Waals surface area contributed by atoms with Crippen LogP contribution in [0, 0.1) is 0 Å². The maximum atomic E-state index is 11.4. The van der Waals surface area contributed by atoms with Crippen LogP contribution in [0.4, 0.5) is 0 Å². The Morgan fingerprint density at radius 1 is 1.31 bits per heavy atom. The van der Waals surface area contributed by atoms with Gasteiger partial charge in [-0.15, -0.1) is 0 Å². The summed E-state index contributed by atoms with van der Waals surface area (Å²) in [5.41, 5.74) is 0. The minimum absolute atomic E-state index is 0.295. The lowest BCUT2D eigenvalue weighted by Gasteiger charge is -2.36. The minimum Gasteiger partial charge on any atom is -0.383 e. The molecule has 0 aromatic carbocycles. The lowest BCUT2D eigenvalue weighted by molar-refractivity contribution is -0.0133. The zero-order valence-electron chi connectivity index (χ0n) is 8.24. The van der Waals surface area contributed by atoms with Gasteiger partial charge in [-0.3, -0.25) is 4.90 Å². The molecule has 0 aromatic heterocycles. The normalized spacial score (nSPS) is 39.7. The van der Waals surface area contributed by atoms with Gasteiger partial charge in [-0.25, -0.2) is 5.11 Å². The fourth-order valence-electron chi connectivity index (χ4n) is 2.79. The van der Waals surface area contributed by atoms with E-state index in [0.717, 1.165) is 26.0 Å². The second-order valence-electron chi connectivity index (χ2n) is 4.21. The summed E-state index contributed by atoms with van der Waals surface area (Å²) in [5, 5.41) is 11.4. The molecule has 0 saturated carbocycles. The van der Waals surface area contributed by atoms with Crippen LogP contribution in [-0.2, 0) is 9.84 Å². The molecule has 2 bridgehead atoms. The van der Waals surface area contributed by atoms with Gasteiger partial charge in [0.15, 0.2) is 0 Å². The molecule has 75 valence electrons. The summed E-state index contributed by atoms with van der Waals surface area (Å²) >= 11 is 0. The number of methoxy groups -OCH3 is 1. The number of ether oxygens (including phenoxy) is 1. The summed E-state index contributed by atoms with van der Waals surface area (Å²) in [4.78, 5) is 2.48. The molecule has 2 atom stereocenters. The molecular weight excluding hydrogens is 166 g/mol. The van der Waals surface area contributed by atoms with Crippen molar-refractivity contribution < 1.29 is 9.84 Å². The van der Waals surface area contributed by atoms with Gasteiger partial charge in [0.05, 0.1) is 12.7 Å². The van der Waals surface area contributed by atoms with Gasteiger partial charge in [0.25, 0.3) is 0 Å². The van der Waals surface area contributed by atoms with Gasteiger partial charge in [-0.05, 0) is 25.7 Å². The van der Waals surface area contributed by atoms with E-state index >= 15 is 0 Å². The first-order valence-corrected chi connectivity index (χ1v) is 5.21. The van der Waals surface area contributed by atoms with E-state index in [1.807, 2.05) is 0 Å². The van der Waals surface area contributed by atoms with Crippen molar-refractivity contribution in [3.05, 3.63) is 0 Å². The van der Waals surface area contributed by atoms with E-state index in [2.05, 4.69) is 4.90 Å². The van der Waals surface area contributed by atoms with Crippen LogP contribution in [-0.4, -0.2) is 43.3 Å². The molecular formula is C10H18NO2. The summed E-state index contributed by atoms with van der Waals surface area (Å²) in [7, 11) is 1.74. The topological polar surface area (TPSA) is 32.4 Å². The van der Waals surface area contributed by atoms with Gasteiger partial charge in [0.2, 0.25) is 0 Å². The molecule has 0 spiro atoms. The molecule has 2 rings (SSSR count). The molecule has 2 fully saturated rings. The van der Waals surface area contributed by atoms with Gasteiger partial charge in [0.1, 0.15) is 0 Å². The largest absolute Gasteiger partial charge is 0.383 e. The molecule has 3 heteroatoms. The number of hydrogen-bond acceptors (Lipinski definition) is 2. The minimum atomic E-state index is -0.295. The van der Waals surface area contributed by atoms with E-state index in [0.29, 0.717) is 12.1 Å².